The quantitative estimate of drug-likeness (QED) is 0.579. The minimum atomic E-state index is 0.699. The first-order valence-corrected chi connectivity index (χ1v) is 5.47. The molecule has 0 N–H and O–H groups in total. The van der Waals surface area contributed by atoms with Crippen molar-refractivity contribution in [3.8, 4) is 0 Å². The number of benzene rings is 1. The van der Waals surface area contributed by atoms with Crippen LogP contribution in [0.4, 0.5) is 0 Å². The zero-order valence-corrected chi connectivity index (χ0v) is 9.71. The zero-order chi connectivity index (χ0) is 12.1. The standard InChI is InChI=1S/C15H14NO/c1-16-10-3-2-7-15(16)9-8-13-5-4-6-14(11-13)12-17/h2-12H,1H3/q+1. The number of nitrogens with zero attached hydrogens (tertiary/aromatic N) is 1. The van der Waals surface area contributed by atoms with Crippen LogP contribution in [0.5, 0.6) is 0 Å². The molecule has 2 heteroatoms. The average molecular weight is 224 g/mol. The van der Waals surface area contributed by atoms with Gasteiger partial charge in [0.2, 0.25) is 5.69 Å². The fourth-order valence-electron chi connectivity index (χ4n) is 1.63. The van der Waals surface area contributed by atoms with Crippen molar-refractivity contribution in [1.29, 1.82) is 0 Å². The lowest BCUT2D eigenvalue weighted by atomic mass is 10.1. The molecule has 0 unspecified atom stereocenters. The average Bonchev–Trinajstić information content (AvgIpc) is 2.38. The fourth-order valence-corrected chi connectivity index (χ4v) is 1.63. The highest BCUT2D eigenvalue weighted by Crippen LogP contribution is 2.07. The third kappa shape index (κ3) is 2.88. The molecule has 2 rings (SSSR count). The molecular formula is C15H14NO+. The summed E-state index contributed by atoms with van der Waals surface area (Å²) in [4.78, 5) is 10.7. The van der Waals surface area contributed by atoms with E-state index >= 15 is 0 Å². The maximum absolute atomic E-state index is 10.7. The van der Waals surface area contributed by atoms with Gasteiger partial charge in [-0.25, -0.2) is 4.57 Å². The van der Waals surface area contributed by atoms with Crippen LogP contribution in [-0.4, -0.2) is 6.29 Å². The molecule has 84 valence electrons. The molecule has 1 aromatic carbocycles. The first-order chi connectivity index (χ1) is 8.29. The third-order valence-corrected chi connectivity index (χ3v) is 2.59. The number of carbonyl (C=O) groups excluding carboxylic acids is 1. The van der Waals surface area contributed by atoms with E-state index in [0.29, 0.717) is 5.56 Å². The van der Waals surface area contributed by atoms with E-state index in [9.17, 15) is 4.79 Å². The van der Waals surface area contributed by atoms with E-state index in [2.05, 4.69) is 0 Å². The summed E-state index contributed by atoms with van der Waals surface area (Å²) in [5.74, 6) is 0. The predicted octanol–water partition coefficient (Wildman–Crippen LogP) is 2.49. The summed E-state index contributed by atoms with van der Waals surface area (Å²) in [5, 5.41) is 0. The smallest absolute Gasteiger partial charge is 0.204 e. The number of aryl methyl sites for hydroxylation is 1. The molecule has 0 fully saturated rings. The minimum Gasteiger partial charge on any atom is -0.298 e. The molecule has 0 amide bonds. The van der Waals surface area contributed by atoms with Gasteiger partial charge in [0.25, 0.3) is 0 Å². The van der Waals surface area contributed by atoms with Gasteiger partial charge in [-0.3, -0.25) is 4.79 Å². The lowest BCUT2D eigenvalue weighted by molar-refractivity contribution is -0.673. The van der Waals surface area contributed by atoms with Gasteiger partial charge in [0, 0.05) is 23.8 Å². The summed E-state index contributed by atoms with van der Waals surface area (Å²) in [6.45, 7) is 0. The molecule has 17 heavy (non-hydrogen) atoms. The largest absolute Gasteiger partial charge is 0.298 e. The van der Waals surface area contributed by atoms with Crippen molar-refractivity contribution >= 4 is 18.4 Å². The van der Waals surface area contributed by atoms with Gasteiger partial charge in [0.05, 0.1) is 0 Å². The summed E-state index contributed by atoms with van der Waals surface area (Å²) in [5.41, 5.74) is 2.84. The predicted molar refractivity (Wildman–Crippen MR) is 68.4 cm³/mol. The third-order valence-electron chi connectivity index (χ3n) is 2.59. The molecule has 1 heterocycles. The lowest BCUT2D eigenvalue weighted by Crippen LogP contribution is -2.30. The molecule has 0 aliphatic heterocycles. The zero-order valence-electron chi connectivity index (χ0n) is 9.71. The Morgan fingerprint density at radius 3 is 2.59 bits per heavy atom. The SMILES string of the molecule is C[n+]1ccccc1C=Cc1cccc(C=O)c1. The Morgan fingerprint density at radius 2 is 1.82 bits per heavy atom. The molecule has 0 atom stereocenters. The highest BCUT2D eigenvalue weighted by atomic mass is 16.1. The van der Waals surface area contributed by atoms with Gasteiger partial charge in [-0.2, -0.15) is 0 Å². The van der Waals surface area contributed by atoms with Gasteiger partial charge in [-0.15, -0.1) is 0 Å². The molecule has 2 aromatic rings. The van der Waals surface area contributed by atoms with E-state index in [1.165, 1.54) is 0 Å². The van der Waals surface area contributed by atoms with E-state index in [1.807, 2.05) is 66.4 Å². The van der Waals surface area contributed by atoms with Gasteiger partial charge in [0.1, 0.15) is 13.3 Å². The van der Waals surface area contributed by atoms with Crippen LogP contribution in [0.25, 0.3) is 12.2 Å². The van der Waals surface area contributed by atoms with Crippen molar-refractivity contribution in [1.82, 2.24) is 0 Å². The van der Waals surface area contributed by atoms with E-state index in [4.69, 9.17) is 0 Å². The fraction of sp³-hybridized carbons (Fsp3) is 0.0667. The molecule has 1 aromatic heterocycles. The topological polar surface area (TPSA) is 20.9 Å². The van der Waals surface area contributed by atoms with Gasteiger partial charge >= 0.3 is 0 Å². The van der Waals surface area contributed by atoms with Crippen LogP contribution in [0.15, 0.2) is 48.7 Å². The van der Waals surface area contributed by atoms with Crippen LogP contribution in [-0.2, 0) is 7.05 Å². The van der Waals surface area contributed by atoms with Crippen molar-refractivity contribution in [2.24, 2.45) is 7.05 Å². The normalized spacial score (nSPS) is 10.6. The van der Waals surface area contributed by atoms with Crippen molar-refractivity contribution in [2.45, 2.75) is 0 Å². The summed E-state index contributed by atoms with van der Waals surface area (Å²) in [7, 11) is 2.00. The second-order valence-corrected chi connectivity index (χ2v) is 3.86. The van der Waals surface area contributed by atoms with Crippen molar-refractivity contribution < 1.29 is 9.36 Å². The van der Waals surface area contributed by atoms with Crippen LogP contribution in [0.3, 0.4) is 0 Å². The van der Waals surface area contributed by atoms with E-state index in [1.54, 1.807) is 6.07 Å². The molecule has 2 nitrogen and oxygen atoms in total. The monoisotopic (exact) mass is 224 g/mol. The summed E-state index contributed by atoms with van der Waals surface area (Å²) < 4.78 is 2.04. The minimum absolute atomic E-state index is 0.699. The highest BCUT2D eigenvalue weighted by Gasteiger charge is 1.98. The van der Waals surface area contributed by atoms with Crippen LogP contribution in [0.1, 0.15) is 21.6 Å². The number of hydrogen-bond donors (Lipinski definition) is 0. The molecule has 0 saturated heterocycles. The number of carbonyl (C=O) groups is 1. The van der Waals surface area contributed by atoms with Crippen LogP contribution >= 0.6 is 0 Å². The number of aromatic nitrogens is 1. The maximum atomic E-state index is 10.7. The molecule has 0 saturated carbocycles. The Morgan fingerprint density at radius 1 is 1.00 bits per heavy atom. The maximum Gasteiger partial charge on any atom is 0.204 e. The number of rotatable bonds is 3. The van der Waals surface area contributed by atoms with Crippen LogP contribution in [0.2, 0.25) is 0 Å². The Hall–Kier alpha value is -2.22. The summed E-state index contributed by atoms with van der Waals surface area (Å²) in [6.07, 6.45) is 6.90. The van der Waals surface area contributed by atoms with Gasteiger partial charge in [0.15, 0.2) is 6.20 Å². The van der Waals surface area contributed by atoms with E-state index < -0.39 is 0 Å². The van der Waals surface area contributed by atoms with Gasteiger partial charge < -0.3 is 0 Å². The van der Waals surface area contributed by atoms with Crippen molar-refractivity contribution in [3.05, 3.63) is 65.5 Å². The Bertz CT molecular complexity index is 558. The van der Waals surface area contributed by atoms with Crippen molar-refractivity contribution in [3.63, 3.8) is 0 Å². The van der Waals surface area contributed by atoms with E-state index in [-0.39, 0.29) is 0 Å². The molecule has 0 spiro atoms. The molecule has 0 aliphatic carbocycles. The van der Waals surface area contributed by atoms with Gasteiger partial charge in [-0.1, -0.05) is 18.2 Å². The summed E-state index contributed by atoms with van der Waals surface area (Å²) in [6, 6.07) is 13.6. The summed E-state index contributed by atoms with van der Waals surface area (Å²) >= 11 is 0. The number of pyridine rings is 1. The molecule has 0 bridgehead atoms. The number of aldehydes is 1. The van der Waals surface area contributed by atoms with Gasteiger partial charge in [-0.05, 0) is 23.8 Å². The van der Waals surface area contributed by atoms with Crippen LogP contribution < -0.4 is 4.57 Å². The van der Waals surface area contributed by atoms with E-state index in [0.717, 1.165) is 17.5 Å². The lowest BCUT2D eigenvalue weighted by Gasteiger charge is -1.95. The second kappa shape index (κ2) is 5.21. The first-order valence-electron chi connectivity index (χ1n) is 5.47. The Kier molecular flexibility index (Phi) is 3.46. The Labute approximate surface area is 101 Å². The number of hydrogen-bond acceptors (Lipinski definition) is 1. The van der Waals surface area contributed by atoms with Crippen LogP contribution in [0, 0.1) is 0 Å². The highest BCUT2D eigenvalue weighted by molar-refractivity contribution is 5.77. The molecule has 0 aliphatic rings. The van der Waals surface area contributed by atoms with Crippen molar-refractivity contribution in [2.75, 3.05) is 0 Å². The molecular weight excluding hydrogens is 210 g/mol. The second-order valence-electron chi connectivity index (χ2n) is 3.86. The molecule has 0 radical (unpaired) electrons. The Balaban J connectivity index is 2.26. The first kappa shape index (κ1) is 11.3.